The van der Waals surface area contributed by atoms with E-state index in [1.165, 1.54) is 4.90 Å². The van der Waals surface area contributed by atoms with Crippen LogP contribution in [0, 0.1) is 5.92 Å². The second-order valence-corrected chi connectivity index (χ2v) is 10.5. The summed E-state index contributed by atoms with van der Waals surface area (Å²) in [7, 11) is 1.55. The molecular formula is C29H35N5O5. The van der Waals surface area contributed by atoms with Crippen LogP contribution in [0.5, 0.6) is 5.75 Å². The fraction of sp³-hybridized carbons (Fsp3) is 0.448. The first kappa shape index (κ1) is 26.5. The second kappa shape index (κ2) is 11.8. The molecule has 0 spiro atoms. The van der Waals surface area contributed by atoms with E-state index in [0.717, 1.165) is 48.2 Å². The molecule has 2 amide bonds. The third-order valence-corrected chi connectivity index (χ3v) is 7.86. The minimum absolute atomic E-state index is 0.0820. The van der Waals surface area contributed by atoms with E-state index in [0.29, 0.717) is 36.4 Å². The molecule has 2 heterocycles. The molecule has 206 valence electrons. The predicted molar refractivity (Wildman–Crippen MR) is 148 cm³/mol. The predicted octanol–water partition coefficient (Wildman–Crippen LogP) is 4.04. The number of aliphatic carboxylic acids is 1. The van der Waals surface area contributed by atoms with Crippen molar-refractivity contribution in [3.63, 3.8) is 0 Å². The Morgan fingerprint density at radius 2 is 1.92 bits per heavy atom. The molecule has 1 aliphatic heterocycles. The molecule has 1 aliphatic carbocycles. The Balaban J connectivity index is 1.15. The molecule has 0 bridgehead atoms. The number of fused-ring (bicyclic) bond motifs is 2. The Labute approximate surface area is 227 Å². The fourth-order valence-electron chi connectivity index (χ4n) is 5.73. The standard InChI is InChI=1S/C29H35N5O5/c1-39-21-11-12-25-22(15-21)19(14-28(37)38)8-13-27(36)34(25)17-26(35)30-16-18-6-9-20(10-7-18)31-29-32-23-4-2-3-5-24(23)33-29/h2-5,11-12,15,18-20H,6-10,13-14,16-17H2,1H3,(H,30,35)(H,37,38)(H2,31,32,33). The molecule has 1 unspecified atom stereocenters. The zero-order chi connectivity index (χ0) is 27.4. The number of methoxy groups -OCH3 is 1. The summed E-state index contributed by atoms with van der Waals surface area (Å²) in [5, 5.41) is 15.9. The third-order valence-electron chi connectivity index (χ3n) is 7.86. The summed E-state index contributed by atoms with van der Waals surface area (Å²) >= 11 is 0. The minimum Gasteiger partial charge on any atom is -0.497 e. The van der Waals surface area contributed by atoms with Gasteiger partial charge in [0.25, 0.3) is 0 Å². The van der Waals surface area contributed by atoms with E-state index in [1.54, 1.807) is 25.3 Å². The lowest BCUT2D eigenvalue weighted by Gasteiger charge is -2.29. The Morgan fingerprint density at radius 1 is 1.13 bits per heavy atom. The number of carbonyl (C=O) groups is 3. The Kier molecular flexibility index (Phi) is 7.99. The summed E-state index contributed by atoms with van der Waals surface area (Å²) in [4.78, 5) is 46.8. The molecule has 0 radical (unpaired) electrons. The van der Waals surface area contributed by atoms with E-state index in [2.05, 4.69) is 20.6 Å². The number of carboxylic acids is 1. The molecule has 4 N–H and O–H groups in total. The topological polar surface area (TPSA) is 137 Å². The summed E-state index contributed by atoms with van der Waals surface area (Å²) < 4.78 is 5.34. The van der Waals surface area contributed by atoms with Crippen LogP contribution >= 0.6 is 0 Å². The number of nitrogens with one attached hydrogen (secondary N) is 3. The third kappa shape index (κ3) is 6.32. The van der Waals surface area contributed by atoms with Crippen LogP contribution in [0.25, 0.3) is 11.0 Å². The SMILES string of the molecule is COc1ccc2c(c1)C(CC(=O)O)CCC(=O)N2CC(=O)NCC1CCC(Nc2nc3ccccc3[nH]2)CC1. The number of para-hydroxylation sites is 2. The van der Waals surface area contributed by atoms with Crippen LogP contribution in [-0.4, -0.2) is 59.1 Å². The number of amides is 2. The van der Waals surface area contributed by atoms with Gasteiger partial charge in [-0.15, -0.1) is 0 Å². The van der Waals surface area contributed by atoms with E-state index in [1.807, 2.05) is 24.3 Å². The van der Waals surface area contributed by atoms with Gasteiger partial charge in [-0.1, -0.05) is 12.1 Å². The molecule has 10 nitrogen and oxygen atoms in total. The maximum absolute atomic E-state index is 13.0. The van der Waals surface area contributed by atoms with Gasteiger partial charge in [-0.2, -0.15) is 0 Å². The lowest BCUT2D eigenvalue weighted by atomic mass is 9.86. The molecule has 10 heteroatoms. The Hall–Kier alpha value is -4.08. The summed E-state index contributed by atoms with van der Waals surface area (Å²) in [5.74, 6) is 0.111. The largest absolute Gasteiger partial charge is 0.497 e. The van der Waals surface area contributed by atoms with Gasteiger partial charge in [-0.25, -0.2) is 4.98 Å². The van der Waals surface area contributed by atoms with Crippen molar-refractivity contribution in [2.75, 3.05) is 30.4 Å². The molecule has 0 saturated heterocycles. The minimum atomic E-state index is -0.921. The molecule has 39 heavy (non-hydrogen) atoms. The second-order valence-electron chi connectivity index (χ2n) is 10.5. The molecule has 5 rings (SSSR count). The van der Waals surface area contributed by atoms with Gasteiger partial charge in [0.1, 0.15) is 12.3 Å². The number of ether oxygens (including phenoxy) is 1. The Bertz CT molecular complexity index is 1310. The molecule has 1 fully saturated rings. The summed E-state index contributed by atoms with van der Waals surface area (Å²) in [5.41, 5.74) is 3.26. The van der Waals surface area contributed by atoms with Crippen LogP contribution in [0.15, 0.2) is 42.5 Å². The summed E-state index contributed by atoms with van der Waals surface area (Å²) in [6.07, 6.45) is 4.46. The number of rotatable bonds is 9. The van der Waals surface area contributed by atoms with Crippen LogP contribution in [0.1, 0.15) is 56.4 Å². The number of hydrogen-bond acceptors (Lipinski definition) is 6. The van der Waals surface area contributed by atoms with Gasteiger partial charge in [0.15, 0.2) is 0 Å². The van der Waals surface area contributed by atoms with E-state index in [-0.39, 0.29) is 37.1 Å². The van der Waals surface area contributed by atoms with E-state index < -0.39 is 5.97 Å². The number of anilines is 2. The molecule has 1 saturated carbocycles. The first-order chi connectivity index (χ1) is 18.9. The molecule has 2 aromatic carbocycles. The smallest absolute Gasteiger partial charge is 0.303 e. The zero-order valence-electron chi connectivity index (χ0n) is 22.1. The van der Waals surface area contributed by atoms with Gasteiger partial charge in [0.2, 0.25) is 17.8 Å². The lowest BCUT2D eigenvalue weighted by Crippen LogP contribution is -2.42. The number of H-pyrrole nitrogens is 1. The van der Waals surface area contributed by atoms with Crippen molar-refractivity contribution in [3.8, 4) is 5.75 Å². The van der Waals surface area contributed by atoms with Crippen molar-refractivity contribution in [3.05, 3.63) is 48.0 Å². The quantitative estimate of drug-likeness (QED) is 0.326. The van der Waals surface area contributed by atoms with Gasteiger partial charge < -0.3 is 30.4 Å². The van der Waals surface area contributed by atoms with Crippen LogP contribution in [0.3, 0.4) is 0 Å². The van der Waals surface area contributed by atoms with Crippen molar-refractivity contribution in [1.82, 2.24) is 15.3 Å². The fourth-order valence-corrected chi connectivity index (χ4v) is 5.73. The van der Waals surface area contributed by atoms with Crippen LogP contribution in [0.2, 0.25) is 0 Å². The van der Waals surface area contributed by atoms with Gasteiger partial charge in [0, 0.05) is 24.7 Å². The number of nitrogens with zero attached hydrogens (tertiary/aromatic N) is 2. The molecular weight excluding hydrogens is 498 g/mol. The van der Waals surface area contributed by atoms with Crippen LogP contribution in [0.4, 0.5) is 11.6 Å². The summed E-state index contributed by atoms with van der Waals surface area (Å²) in [6, 6.07) is 13.5. The van der Waals surface area contributed by atoms with Gasteiger partial charge in [-0.05, 0) is 79.8 Å². The first-order valence-corrected chi connectivity index (χ1v) is 13.6. The Morgan fingerprint density at radius 3 is 2.67 bits per heavy atom. The van der Waals surface area contributed by atoms with Crippen molar-refractivity contribution < 1.29 is 24.2 Å². The highest BCUT2D eigenvalue weighted by Gasteiger charge is 2.31. The van der Waals surface area contributed by atoms with E-state index in [4.69, 9.17) is 4.74 Å². The highest BCUT2D eigenvalue weighted by Crippen LogP contribution is 2.39. The number of imidazole rings is 1. The monoisotopic (exact) mass is 533 g/mol. The maximum Gasteiger partial charge on any atom is 0.303 e. The number of aromatic amines is 1. The number of carbonyl (C=O) groups excluding carboxylic acids is 2. The molecule has 1 atom stereocenters. The number of benzene rings is 2. The number of carboxylic acid groups (broad SMARTS) is 1. The van der Waals surface area contributed by atoms with E-state index in [9.17, 15) is 19.5 Å². The first-order valence-electron chi connectivity index (χ1n) is 13.6. The summed E-state index contributed by atoms with van der Waals surface area (Å²) in [6.45, 7) is 0.468. The zero-order valence-corrected chi connectivity index (χ0v) is 22.1. The molecule has 2 aliphatic rings. The number of aromatic nitrogens is 2. The van der Waals surface area contributed by atoms with Crippen LogP contribution in [-0.2, 0) is 14.4 Å². The highest BCUT2D eigenvalue weighted by molar-refractivity contribution is 6.00. The van der Waals surface area contributed by atoms with Crippen LogP contribution < -0.4 is 20.3 Å². The van der Waals surface area contributed by atoms with Crippen molar-refractivity contribution in [2.45, 2.75) is 56.9 Å². The maximum atomic E-state index is 13.0. The number of hydrogen-bond donors (Lipinski definition) is 4. The van der Waals surface area contributed by atoms with Crippen molar-refractivity contribution in [1.29, 1.82) is 0 Å². The average molecular weight is 534 g/mol. The normalized spacial score (nSPS) is 21.2. The van der Waals surface area contributed by atoms with E-state index >= 15 is 0 Å². The highest BCUT2D eigenvalue weighted by atomic mass is 16.5. The van der Waals surface area contributed by atoms with Crippen molar-refractivity contribution >= 4 is 40.5 Å². The van der Waals surface area contributed by atoms with Gasteiger partial charge in [0.05, 0.1) is 24.6 Å². The average Bonchev–Trinajstić information content (AvgIpc) is 3.30. The van der Waals surface area contributed by atoms with Gasteiger partial charge in [-0.3, -0.25) is 14.4 Å². The lowest BCUT2D eigenvalue weighted by molar-refractivity contribution is -0.137. The van der Waals surface area contributed by atoms with Gasteiger partial charge >= 0.3 is 5.97 Å². The molecule has 1 aromatic heterocycles. The van der Waals surface area contributed by atoms with Crippen molar-refractivity contribution in [2.24, 2.45) is 5.92 Å². The molecule has 3 aromatic rings.